The minimum Gasteiger partial charge on any atom is -0.341 e. The summed E-state index contributed by atoms with van der Waals surface area (Å²) in [5, 5.41) is 0.942. The number of amides is 1. The van der Waals surface area contributed by atoms with Gasteiger partial charge in [0, 0.05) is 45.1 Å². The zero-order chi connectivity index (χ0) is 18.0. The number of likely N-dealkylation sites (N-methyl/N-ethyl adjacent to an activating group) is 1. The molecular weight excluding hydrogens is 359 g/mol. The van der Waals surface area contributed by atoms with Gasteiger partial charge in [-0.2, -0.15) is 0 Å². The molecule has 1 aliphatic carbocycles. The van der Waals surface area contributed by atoms with Gasteiger partial charge in [-0.05, 0) is 24.1 Å². The van der Waals surface area contributed by atoms with E-state index in [1.54, 1.807) is 12.1 Å². The van der Waals surface area contributed by atoms with Crippen molar-refractivity contribution in [2.75, 3.05) is 20.1 Å². The van der Waals surface area contributed by atoms with Crippen molar-refractivity contribution in [1.82, 2.24) is 9.80 Å². The van der Waals surface area contributed by atoms with E-state index in [0.29, 0.717) is 28.7 Å². The van der Waals surface area contributed by atoms with Crippen LogP contribution in [-0.2, 0) is 16.0 Å². The van der Waals surface area contributed by atoms with Crippen LogP contribution >= 0.6 is 23.2 Å². The fraction of sp³-hybridized carbons (Fsp3) is 0.474. The van der Waals surface area contributed by atoms with E-state index >= 15 is 0 Å². The Morgan fingerprint density at radius 3 is 2.64 bits per heavy atom. The van der Waals surface area contributed by atoms with Crippen LogP contribution in [0.3, 0.4) is 0 Å². The third-order valence-electron chi connectivity index (χ3n) is 5.15. The molecule has 0 N–H and O–H groups in total. The molecule has 134 valence electrons. The van der Waals surface area contributed by atoms with Gasteiger partial charge >= 0.3 is 0 Å². The molecule has 6 heteroatoms. The van der Waals surface area contributed by atoms with Crippen LogP contribution < -0.4 is 0 Å². The third kappa shape index (κ3) is 4.25. The van der Waals surface area contributed by atoms with Crippen molar-refractivity contribution in [3.05, 3.63) is 46.0 Å². The molecular formula is C19H22Cl2N2O2. The Morgan fingerprint density at radius 2 is 1.96 bits per heavy atom. The standard InChI is InChI=1S/C19H22Cl2N2O2/c1-22(19(25)11-13-4-6-15(20)16(21)10-13)17-7-5-14(24)12-18(17)23-8-2-3-9-23/h2-4,6,10,17-18H,5,7-9,11-12H2,1H3. The molecule has 0 radical (unpaired) electrons. The number of rotatable bonds is 4. The molecule has 1 saturated carbocycles. The van der Waals surface area contributed by atoms with E-state index in [2.05, 4.69) is 17.1 Å². The highest BCUT2D eigenvalue weighted by molar-refractivity contribution is 6.42. The molecule has 1 heterocycles. The Morgan fingerprint density at radius 1 is 1.24 bits per heavy atom. The van der Waals surface area contributed by atoms with Gasteiger partial charge in [0.2, 0.25) is 5.91 Å². The number of carbonyl (C=O) groups is 2. The maximum Gasteiger partial charge on any atom is 0.227 e. The number of benzene rings is 1. The summed E-state index contributed by atoms with van der Waals surface area (Å²) in [6, 6.07) is 5.44. The predicted molar refractivity (Wildman–Crippen MR) is 100 cm³/mol. The van der Waals surface area contributed by atoms with Crippen LogP contribution in [0, 0.1) is 0 Å². The summed E-state index contributed by atoms with van der Waals surface area (Å²) in [7, 11) is 1.84. The van der Waals surface area contributed by atoms with Gasteiger partial charge in [-0.3, -0.25) is 14.5 Å². The highest BCUT2D eigenvalue weighted by Gasteiger charge is 2.37. The molecule has 1 aromatic rings. The quantitative estimate of drug-likeness (QED) is 0.751. The molecule has 1 amide bonds. The Kier molecular flexibility index (Phi) is 5.82. The van der Waals surface area contributed by atoms with E-state index in [0.717, 1.165) is 25.1 Å². The predicted octanol–water partition coefficient (Wildman–Crippen LogP) is 3.36. The molecule has 1 fully saturated rings. The first kappa shape index (κ1) is 18.4. The smallest absolute Gasteiger partial charge is 0.227 e. The molecule has 1 aliphatic heterocycles. The van der Waals surface area contributed by atoms with Crippen LogP contribution in [0.25, 0.3) is 0 Å². The summed E-state index contributed by atoms with van der Waals surface area (Å²) in [6.07, 6.45) is 6.32. The lowest BCUT2D eigenvalue weighted by molar-refractivity contribution is -0.136. The monoisotopic (exact) mass is 380 g/mol. The van der Waals surface area contributed by atoms with E-state index in [4.69, 9.17) is 23.2 Å². The molecule has 2 unspecified atom stereocenters. The summed E-state index contributed by atoms with van der Waals surface area (Å²) >= 11 is 12.0. The Labute approximate surface area is 158 Å². The Bertz CT molecular complexity index is 697. The van der Waals surface area contributed by atoms with Crippen molar-refractivity contribution < 1.29 is 9.59 Å². The average Bonchev–Trinajstić information content (AvgIpc) is 3.12. The first-order valence-corrected chi connectivity index (χ1v) is 9.31. The fourth-order valence-corrected chi connectivity index (χ4v) is 4.02. The first-order chi connectivity index (χ1) is 12.0. The number of nitrogens with zero attached hydrogens (tertiary/aromatic N) is 2. The first-order valence-electron chi connectivity index (χ1n) is 8.56. The van der Waals surface area contributed by atoms with Gasteiger partial charge in [0.1, 0.15) is 5.78 Å². The average molecular weight is 381 g/mol. The summed E-state index contributed by atoms with van der Waals surface area (Å²) in [5.41, 5.74) is 0.845. The van der Waals surface area contributed by atoms with Gasteiger partial charge in [0.15, 0.2) is 0 Å². The summed E-state index contributed by atoms with van der Waals surface area (Å²) in [4.78, 5) is 28.8. The number of hydrogen-bond donors (Lipinski definition) is 0. The van der Waals surface area contributed by atoms with Crippen LogP contribution in [0.2, 0.25) is 10.0 Å². The van der Waals surface area contributed by atoms with Crippen LogP contribution in [0.1, 0.15) is 24.8 Å². The summed E-state index contributed by atoms with van der Waals surface area (Å²) in [5.74, 6) is 0.327. The maximum absolute atomic E-state index is 12.8. The van der Waals surface area contributed by atoms with E-state index in [9.17, 15) is 9.59 Å². The van der Waals surface area contributed by atoms with Crippen molar-refractivity contribution in [3.63, 3.8) is 0 Å². The molecule has 1 aromatic carbocycles. The summed E-state index contributed by atoms with van der Waals surface area (Å²) < 4.78 is 0. The van der Waals surface area contributed by atoms with Crippen molar-refractivity contribution in [1.29, 1.82) is 0 Å². The van der Waals surface area contributed by atoms with Gasteiger partial charge in [-0.25, -0.2) is 0 Å². The SMILES string of the molecule is CN(C(=O)Cc1ccc(Cl)c(Cl)c1)C1CCC(=O)CC1N1CC=CC1. The van der Waals surface area contributed by atoms with Crippen LogP contribution in [0.4, 0.5) is 0 Å². The van der Waals surface area contributed by atoms with Crippen LogP contribution in [0.15, 0.2) is 30.4 Å². The largest absolute Gasteiger partial charge is 0.341 e. The molecule has 0 aromatic heterocycles. The molecule has 0 spiro atoms. The lowest BCUT2D eigenvalue weighted by atomic mass is 9.87. The molecule has 2 aliphatic rings. The highest BCUT2D eigenvalue weighted by Crippen LogP contribution is 2.27. The van der Waals surface area contributed by atoms with Gasteiger partial charge in [0.25, 0.3) is 0 Å². The molecule has 3 rings (SSSR count). The van der Waals surface area contributed by atoms with Crippen molar-refractivity contribution >= 4 is 34.9 Å². The lowest BCUT2D eigenvalue weighted by Gasteiger charge is -2.42. The minimum atomic E-state index is 0.0369. The van der Waals surface area contributed by atoms with Crippen molar-refractivity contribution in [2.45, 2.75) is 37.8 Å². The topological polar surface area (TPSA) is 40.6 Å². The molecule has 4 nitrogen and oxygen atoms in total. The number of halogens is 2. The normalized spacial score (nSPS) is 23.9. The van der Waals surface area contributed by atoms with Crippen LogP contribution in [0.5, 0.6) is 0 Å². The fourth-order valence-electron chi connectivity index (χ4n) is 3.70. The maximum atomic E-state index is 12.8. The molecule has 2 atom stereocenters. The van der Waals surface area contributed by atoms with E-state index in [1.165, 1.54) is 0 Å². The highest BCUT2D eigenvalue weighted by atomic mass is 35.5. The van der Waals surface area contributed by atoms with Gasteiger partial charge < -0.3 is 4.90 Å². The zero-order valence-corrected chi connectivity index (χ0v) is 15.8. The third-order valence-corrected chi connectivity index (χ3v) is 5.88. The van der Waals surface area contributed by atoms with Gasteiger partial charge in [-0.15, -0.1) is 0 Å². The van der Waals surface area contributed by atoms with E-state index in [-0.39, 0.29) is 24.4 Å². The number of Topliss-reactive ketones (excluding diaryl/α,β-unsaturated/α-hetero) is 1. The Hall–Kier alpha value is -1.36. The second-order valence-corrected chi connectivity index (χ2v) is 7.59. The number of hydrogen-bond acceptors (Lipinski definition) is 3. The minimum absolute atomic E-state index is 0.0369. The second-order valence-electron chi connectivity index (χ2n) is 6.77. The number of carbonyl (C=O) groups excluding carboxylic acids is 2. The lowest BCUT2D eigenvalue weighted by Crippen LogP contribution is -2.55. The van der Waals surface area contributed by atoms with Crippen molar-refractivity contribution in [2.24, 2.45) is 0 Å². The van der Waals surface area contributed by atoms with Crippen molar-refractivity contribution in [3.8, 4) is 0 Å². The molecule has 0 bridgehead atoms. The summed E-state index contributed by atoms with van der Waals surface area (Å²) in [6.45, 7) is 1.70. The second kappa shape index (κ2) is 7.90. The Balaban J connectivity index is 1.70. The van der Waals surface area contributed by atoms with E-state index < -0.39 is 0 Å². The van der Waals surface area contributed by atoms with Gasteiger partial charge in [-0.1, -0.05) is 41.4 Å². The van der Waals surface area contributed by atoms with Crippen LogP contribution in [-0.4, -0.2) is 53.7 Å². The molecule has 0 saturated heterocycles. The molecule has 25 heavy (non-hydrogen) atoms. The van der Waals surface area contributed by atoms with Gasteiger partial charge in [0.05, 0.1) is 16.5 Å². The van der Waals surface area contributed by atoms with E-state index in [1.807, 2.05) is 18.0 Å². The number of ketones is 1. The zero-order valence-electron chi connectivity index (χ0n) is 14.3.